The highest BCUT2D eigenvalue weighted by molar-refractivity contribution is 6.00. The smallest absolute Gasteiger partial charge is 0.268 e. The lowest BCUT2D eigenvalue weighted by atomic mass is 9.98. The number of hydrogen-bond donors (Lipinski definition) is 4. The molecule has 1 fully saturated rings. The molecule has 0 saturated carbocycles. The molecule has 9 heteroatoms. The average molecular weight is 479 g/mol. The van der Waals surface area contributed by atoms with E-state index >= 15 is 0 Å². The van der Waals surface area contributed by atoms with E-state index < -0.39 is 29.7 Å². The molecule has 0 unspecified atom stereocenters. The summed E-state index contributed by atoms with van der Waals surface area (Å²) in [4.78, 5) is 52.6. The first-order chi connectivity index (χ1) is 16.9. The second kappa shape index (κ2) is 10.9. The standard InChI is InChI=1S/C26H27FN4O4/c27-19-6-3-4-16(12-19)13-22(31-26(35)23-14-18-5-1-2-7-21(18)30-23)25(34)29-20(15-32)9-8-17-10-11-28-24(17)33/h1-7,12,14-15,17,20,22,30H,8-11,13H2,(H,28,33)(H,29,34)(H,31,35)/t17-,20+,22+/m1/s1. The molecule has 1 aliphatic rings. The van der Waals surface area contributed by atoms with Crippen molar-refractivity contribution in [1.29, 1.82) is 0 Å². The number of rotatable bonds is 10. The normalized spacial score (nSPS) is 16.9. The largest absolute Gasteiger partial charge is 0.356 e. The Morgan fingerprint density at radius 2 is 1.94 bits per heavy atom. The van der Waals surface area contributed by atoms with Gasteiger partial charge in [0.2, 0.25) is 11.8 Å². The highest BCUT2D eigenvalue weighted by atomic mass is 19.1. The maximum absolute atomic E-state index is 13.7. The van der Waals surface area contributed by atoms with Crippen molar-refractivity contribution in [3.8, 4) is 0 Å². The number of carbonyl (C=O) groups is 4. The fraction of sp³-hybridized carbons (Fsp3) is 0.308. The van der Waals surface area contributed by atoms with Gasteiger partial charge in [0.15, 0.2) is 0 Å². The van der Waals surface area contributed by atoms with Crippen LogP contribution in [0.4, 0.5) is 4.39 Å². The Balaban J connectivity index is 1.47. The molecule has 3 atom stereocenters. The van der Waals surface area contributed by atoms with Crippen LogP contribution in [0.5, 0.6) is 0 Å². The van der Waals surface area contributed by atoms with Crippen molar-refractivity contribution in [2.75, 3.05) is 6.54 Å². The van der Waals surface area contributed by atoms with Gasteiger partial charge in [0.1, 0.15) is 23.8 Å². The number of H-pyrrole nitrogens is 1. The Labute approximate surface area is 201 Å². The van der Waals surface area contributed by atoms with Gasteiger partial charge in [-0.2, -0.15) is 0 Å². The Morgan fingerprint density at radius 1 is 1.11 bits per heavy atom. The van der Waals surface area contributed by atoms with Gasteiger partial charge in [0.05, 0.1) is 6.04 Å². The Bertz CT molecular complexity index is 1210. The number of aromatic nitrogens is 1. The average Bonchev–Trinajstić information content (AvgIpc) is 3.47. The van der Waals surface area contributed by atoms with Crippen LogP contribution in [0.2, 0.25) is 0 Å². The number of aromatic amines is 1. The minimum absolute atomic E-state index is 0.0339. The molecule has 1 saturated heterocycles. The van der Waals surface area contributed by atoms with Crippen LogP contribution in [-0.4, -0.2) is 47.6 Å². The molecule has 4 N–H and O–H groups in total. The van der Waals surface area contributed by atoms with E-state index in [1.54, 1.807) is 12.1 Å². The molecule has 2 aromatic carbocycles. The molecule has 4 rings (SSSR count). The summed E-state index contributed by atoms with van der Waals surface area (Å²) in [6, 6.07) is 13.0. The topological polar surface area (TPSA) is 120 Å². The van der Waals surface area contributed by atoms with Crippen LogP contribution in [0.15, 0.2) is 54.6 Å². The van der Waals surface area contributed by atoms with Crippen molar-refractivity contribution in [1.82, 2.24) is 20.9 Å². The molecular weight excluding hydrogens is 451 g/mol. The second-order valence-corrected chi connectivity index (χ2v) is 8.74. The molecule has 3 amide bonds. The van der Waals surface area contributed by atoms with Crippen molar-refractivity contribution in [2.45, 2.75) is 37.8 Å². The summed E-state index contributed by atoms with van der Waals surface area (Å²) in [5, 5.41) is 8.98. The van der Waals surface area contributed by atoms with E-state index in [2.05, 4.69) is 20.9 Å². The van der Waals surface area contributed by atoms with Gasteiger partial charge in [-0.25, -0.2) is 4.39 Å². The van der Waals surface area contributed by atoms with Gasteiger partial charge in [-0.05, 0) is 49.1 Å². The zero-order chi connectivity index (χ0) is 24.8. The van der Waals surface area contributed by atoms with Crippen LogP contribution in [0.25, 0.3) is 10.9 Å². The minimum atomic E-state index is -1.05. The molecule has 0 bridgehead atoms. The summed E-state index contributed by atoms with van der Waals surface area (Å²) >= 11 is 0. The van der Waals surface area contributed by atoms with Crippen LogP contribution in [0.3, 0.4) is 0 Å². The van der Waals surface area contributed by atoms with Gasteiger partial charge in [0, 0.05) is 29.8 Å². The molecule has 1 aromatic heterocycles. The number of fused-ring (bicyclic) bond motifs is 1. The lowest BCUT2D eigenvalue weighted by Crippen LogP contribution is -2.51. The minimum Gasteiger partial charge on any atom is -0.356 e. The predicted octanol–water partition coefficient (Wildman–Crippen LogP) is 2.25. The summed E-state index contributed by atoms with van der Waals surface area (Å²) in [5.74, 6) is -1.74. The third-order valence-corrected chi connectivity index (χ3v) is 6.21. The molecule has 2 heterocycles. The molecule has 0 spiro atoms. The number of carbonyl (C=O) groups excluding carboxylic acids is 4. The monoisotopic (exact) mass is 478 g/mol. The summed E-state index contributed by atoms with van der Waals surface area (Å²) in [7, 11) is 0. The maximum Gasteiger partial charge on any atom is 0.268 e. The van der Waals surface area contributed by atoms with Crippen LogP contribution < -0.4 is 16.0 Å². The van der Waals surface area contributed by atoms with Crippen LogP contribution in [0, 0.1) is 11.7 Å². The fourth-order valence-electron chi connectivity index (χ4n) is 4.30. The van der Waals surface area contributed by atoms with E-state index in [1.165, 1.54) is 18.2 Å². The van der Waals surface area contributed by atoms with Gasteiger partial charge < -0.3 is 25.7 Å². The maximum atomic E-state index is 13.7. The predicted molar refractivity (Wildman–Crippen MR) is 128 cm³/mol. The molecule has 3 aromatic rings. The summed E-state index contributed by atoms with van der Waals surface area (Å²) in [5.41, 5.74) is 1.58. The van der Waals surface area contributed by atoms with Gasteiger partial charge in [0.25, 0.3) is 5.91 Å². The highest BCUT2D eigenvalue weighted by Gasteiger charge is 2.28. The zero-order valence-corrected chi connectivity index (χ0v) is 19.1. The first kappa shape index (κ1) is 24.1. The van der Waals surface area contributed by atoms with E-state index in [0.29, 0.717) is 37.7 Å². The summed E-state index contributed by atoms with van der Waals surface area (Å²) < 4.78 is 13.7. The van der Waals surface area contributed by atoms with Crippen LogP contribution in [-0.2, 0) is 20.8 Å². The molecule has 35 heavy (non-hydrogen) atoms. The lowest BCUT2D eigenvalue weighted by molar-refractivity contribution is -0.125. The number of amides is 3. The van der Waals surface area contributed by atoms with Gasteiger partial charge in [-0.15, -0.1) is 0 Å². The fourth-order valence-corrected chi connectivity index (χ4v) is 4.30. The van der Waals surface area contributed by atoms with E-state index in [9.17, 15) is 23.6 Å². The molecule has 182 valence electrons. The first-order valence-electron chi connectivity index (χ1n) is 11.6. The molecular formula is C26H27FN4O4. The van der Waals surface area contributed by atoms with E-state index in [4.69, 9.17) is 0 Å². The van der Waals surface area contributed by atoms with E-state index in [1.807, 2.05) is 24.3 Å². The van der Waals surface area contributed by atoms with Crippen molar-refractivity contribution in [3.05, 3.63) is 71.7 Å². The van der Waals surface area contributed by atoms with Crippen LogP contribution in [0.1, 0.15) is 35.3 Å². The number of para-hydroxylation sites is 1. The third-order valence-electron chi connectivity index (χ3n) is 6.21. The van der Waals surface area contributed by atoms with Crippen molar-refractivity contribution >= 4 is 34.9 Å². The lowest BCUT2D eigenvalue weighted by Gasteiger charge is -2.21. The molecule has 0 radical (unpaired) electrons. The van der Waals surface area contributed by atoms with Gasteiger partial charge in [-0.3, -0.25) is 14.4 Å². The summed E-state index contributed by atoms with van der Waals surface area (Å²) in [6.45, 7) is 0.608. The van der Waals surface area contributed by atoms with E-state index in [-0.39, 0.29) is 23.9 Å². The Kier molecular flexibility index (Phi) is 7.54. The van der Waals surface area contributed by atoms with E-state index in [0.717, 1.165) is 10.9 Å². The third kappa shape index (κ3) is 6.11. The first-order valence-corrected chi connectivity index (χ1v) is 11.6. The molecule has 0 aliphatic carbocycles. The SMILES string of the molecule is O=C[C@H](CC[C@@H]1CCNC1=O)NC(=O)[C@H](Cc1cccc(F)c1)NC(=O)c1cc2ccccc2[nH]1. The second-order valence-electron chi connectivity index (χ2n) is 8.74. The number of benzene rings is 2. The van der Waals surface area contributed by atoms with Gasteiger partial charge >= 0.3 is 0 Å². The van der Waals surface area contributed by atoms with Gasteiger partial charge in [-0.1, -0.05) is 30.3 Å². The number of aldehydes is 1. The van der Waals surface area contributed by atoms with Crippen LogP contribution >= 0.6 is 0 Å². The zero-order valence-electron chi connectivity index (χ0n) is 19.1. The number of halogens is 1. The number of nitrogens with one attached hydrogen (secondary N) is 4. The Morgan fingerprint density at radius 3 is 2.66 bits per heavy atom. The summed E-state index contributed by atoms with van der Waals surface area (Å²) in [6.07, 6.45) is 2.12. The number of hydrogen-bond acceptors (Lipinski definition) is 4. The van der Waals surface area contributed by atoms with Crippen molar-refractivity contribution in [2.24, 2.45) is 5.92 Å². The molecule has 8 nitrogen and oxygen atoms in total. The van der Waals surface area contributed by atoms with Crippen molar-refractivity contribution in [3.63, 3.8) is 0 Å². The Hall–Kier alpha value is -4.01. The quantitative estimate of drug-likeness (QED) is 0.334. The van der Waals surface area contributed by atoms with Crippen molar-refractivity contribution < 1.29 is 23.6 Å². The molecule has 1 aliphatic heterocycles. The highest BCUT2D eigenvalue weighted by Crippen LogP contribution is 2.17.